The average molecular weight is 409 g/mol. The summed E-state index contributed by atoms with van der Waals surface area (Å²) in [5, 5.41) is 29.3. The summed E-state index contributed by atoms with van der Waals surface area (Å²) in [7, 11) is 0. The van der Waals surface area contributed by atoms with Crippen molar-refractivity contribution in [3.8, 4) is 0 Å². The minimum Gasteiger partial charge on any atom is -0.392 e. The van der Waals surface area contributed by atoms with Crippen LogP contribution in [0.1, 0.15) is 67.9 Å². The van der Waals surface area contributed by atoms with Gasteiger partial charge in [-0.25, -0.2) is 0 Å². The fraction of sp³-hybridized carbons (Fsp3) is 0.407. The molecule has 0 heterocycles. The van der Waals surface area contributed by atoms with Crippen LogP contribution in [-0.4, -0.2) is 20.9 Å². The Morgan fingerprint density at radius 2 is 1.53 bits per heavy atom. The molecule has 30 heavy (non-hydrogen) atoms. The molecule has 162 valence electrons. The van der Waals surface area contributed by atoms with Crippen molar-refractivity contribution in [3.63, 3.8) is 0 Å². The molecule has 3 N–H and O–H groups in total. The van der Waals surface area contributed by atoms with Crippen LogP contribution >= 0.6 is 0 Å². The Bertz CT molecular complexity index is 860. The van der Waals surface area contributed by atoms with Crippen LogP contribution in [0.3, 0.4) is 0 Å². The van der Waals surface area contributed by atoms with Crippen molar-refractivity contribution in [2.45, 2.75) is 71.7 Å². The summed E-state index contributed by atoms with van der Waals surface area (Å²) in [6.45, 7) is 6.05. The molecular weight excluding hydrogens is 372 g/mol. The molecular formula is C27H36O3. The zero-order chi connectivity index (χ0) is 22.0. The standard InChI is InChI=1S/C27H36O3/c1-4-23(11-8-16-27(30,5-2)6-3)24-10-7-9-21(17-24)12-13-22-14-15-25(19-28)26(18-22)20-29/h7-11,14-18,28-30H,4-6,12-13,19-20H2,1-3H3. The Hall–Kier alpha value is -2.20. The van der Waals surface area contributed by atoms with Crippen LogP contribution in [0.5, 0.6) is 0 Å². The third kappa shape index (κ3) is 6.66. The van der Waals surface area contributed by atoms with Crippen molar-refractivity contribution in [2.24, 2.45) is 0 Å². The van der Waals surface area contributed by atoms with Crippen molar-refractivity contribution in [2.75, 3.05) is 0 Å². The second-order valence-electron chi connectivity index (χ2n) is 7.83. The van der Waals surface area contributed by atoms with Crippen LogP contribution < -0.4 is 0 Å². The van der Waals surface area contributed by atoms with Gasteiger partial charge in [-0.3, -0.25) is 0 Å². The first-order valence-corrected chi connectivity index (χ1v) is 11.0. The van der Waals surface area contributed by atoms with Gasteiger partial charge in [0.25, 0.3) is 0 Å². The van der Waals surface area contributed by atoms with E-state index in [1.807, 2.05) is 44.2 Å². The van der Waals surface area contributed by atoms with E-state index >= 15 is 0 Å². The number of rotatable bonds is 11. The van der Waals surface area contributed by atoms with Gasteiger partial charge in [0.05, 0.1) is 18.8 Å². The number of allylic oxidation sites excluding steroid dienone is 3. The number of aliphatic hydroxyl groups is 3. The Morgan fingerprint density at radius 1 is 0.867 bits per heavy atom. The summed E-state index contributed by atoms with van der Waals surface area (Å²) in [5.41, 5.74) is 5.75. The summed E-state index contributed by atoms with van der Waals surface area (Å²) in [6, 6.07) is 14.5. The lowest BCUT2D eigenvalue weighted by molar-refractivity contribution is 0.0828. The van der Waals surface area contributed by atoms with Gasteiger partial charge in [0, 0.05) is 0 Å². The lowest BCUT2D eigenvalue weighted by Gasteiger charge is -2.20. The van der Waals surface area contributed by atoms with E-state index in [9.17, 15) is 15.3 Å². The molecule has 0 aliphatic heterocycles. The molecule has 2 aromatic carbocycles. The third-order valence-corrected chi connectivity index (χ3v) is 5.92. The lowest BCUT2D eigenvalue weighted by Crippen LogP contribution is -2.22. The second-order valence-corrected chi connectivity index (χ2v) is 7.83. The zero-order valence-corrected chi connectivity index (χ0v) is 18.6. The van der Waals surface area contributed by atoms with E-state index in [-0.39, 0.29) is 13.2 Å². The minimum atomic E-state index is -0.726. The molecule has 2 aromatic rings. The van der Waals surface area contributed by atoms with E-state index in [4.69, 9.17) is 0 Å². The average Bonchev–Trinajstić information content (AvgIpc) is 2.80. The zero-order valence-electron chi connectivity index (χ0n) is 18.6. The molecule has 0 aliphatic rings. The Kier molecular flexibility index (Phi) is 9.51. The van der Waals surface area contributed by atoms with E-state index in [1.54, 1.807) is 0 Å². The molecule has 0 saturated carbocycles. The maximum Gasteiger partial charge on any atom is 0.0825 e. The van der Waals surface area contributed by atoms with E-state index in [1.165, 1.54) is 16.7 Å². The van der Waals surface area contributed by atoms with Gasteiger partial charge in [-0.2, -0.15) is 0 Å². The molecule has 0 saturated heterocycles. The quantitative estimate of drug-likeness (QED) is 0.439. The highest BCUT2D eigenvalue weighted by Gasteiger charge is 2.16. The van der Waals surface area contributed by atoms with Gasteiger partial charge < -0.3 is 15.3 Å². The molecule has 0 fully saturated rings. The molecule has 0 bridgehead atoms. The fourth-order valence-electron chi connectivity index (χ4n) is 3.60. The van der Waals surface area contributed by atoms with Gasteiger partial charge in [-0.05, 0) is 65.5 Å². The Balaban J connectivity index is 2.13. The van der Waals surface area contributed by atoms with Crippen molar-refractivity contribution in [1.29, 1.82) is 0 Å². The molecule has 3 nitrogen and oxygen atoms in total. The predicted molar refractivity (Wildman–Crippen MR) is 125 cm³/mol. The SMILES string of the molecule is CCC(=CC=CC(O)(CC)CC)c1cccc(CCc2ccc(CO)c(CO)c2)c1. The summed E-state index contributed by atoms with van der Waals surface area (Å²) in [6.07, 6.45) is 10.1. The van der Waals surface area contributed by atoms with E-state index in [0.717, 1.165) is 36.0 Å². The van der Waals surface area contributed by atoms with Crippen molar-refractivity contribution >= 4 is 5.57 Å². The third-order valence-electron chi connectivity index (χ3n) is 5.92. The van der Waals surface area contributed by atoms with Gasteiger partial charge >= 0.3 is 0 Å². The van der Waals surface area contributed by atoms with Gasteiger partial charge in [0.1, 0.15) is 0 Å². The summed E-state index contributed by atoms with van der Waals surface area (Å²) < 4.78 is 0. The first kappa shape index (κ1) is 24.1. The van der Waals surface area contributed by atoms with Crippen molar-refractivity contribution in [3.05, 3.63) is 88.5 Å². The molecule has 0 spiro atoms. The minimum absolute atomic E-state index is 0.0489. The lowest BCUT2D eigenvalue weighted by atomic mass is 9.95. The molecule has 0 aromatic heterocycles. The number of benzene rings is 2. The largest absolute Gasteiger partial charge is 0.392 e. The smallest absolute Gasteiger partial charge is 0.0825 e. The molecule has 0 aliphatic carbocycles. The second kappa shape index (κ2) is 11.8. The predicted octanol–water partition coefficient (Wildman–Crippen LogP) is 5.36. The van der Waals surface area contributed by atoms with E-state index in [2.05, 4.69) is 37.3 Å². The number of aryl methyl sites for hydroxylation is 2. The maximum absolute atomic E-state index is 10.4. The monoisotopic (exact) mass is 408 g/mol. The van der Waals surface area contributed by atoms with Gasteiger partial charge in [0.2, 0.25) is 0 Å². The number of aliphatic hydroxyl groups excluding tert-OH is 2. The molecule has 3 heteroatoms. The first-order valence-electron chi connectivity index (χ1n) is 11.0. The van der Waals surface area contributed by atoms with Crippen LogP contribution in [0.2, 0.25) is 0 Å². The number of hydrogen-bond acceptors (Lipinski definition) is 3. The van der Waals surface area contributed by atoms with Gasteiger partial charge in [0.15, 0.2) is 0 Å². The first-order chi connectivity index (χ1) is 14.5. The van der Waals surface area contributed by atoms with Crippen molar-refractivity contribution < 1.29 is 15.3 Å². The summed E-state index contributed by atoms with van der Waals surface area (Å²) in [4.78, 5) is 0. The maximum atomic E-state index is 10.4. The number of hydrogen-bond donors (Lipinski definition) is 3. The molecule has 0 amide bonds. The van der Waals surface area contributed by atoms with Crippen LogP contribution in [0.15, 0.2) is 60.7 Å². The van der Waals surface area contributed by atoms with Crippen LogP contribution in [0.4, 0.5) is 0 Å². The normalized spacial score (nSPS) is 12.7. The summed E-state index contributed by atoms with van der Waals surface area (Å²) in [5.74, 6) is 0. The Morgan fingerprint density at radius 3 is 2.13 bits per heavy atom. The van der Waals surface area contributed by atoms with Gasteiger partial charge in [-0.1, -0.05) is 81.5 Å². The summed E-state index contributed by atoms with van der Waals surface area (Å²) >= 11 is 0. The van der Waals surface area contributed by atoms with E-state index in [0.29, 0.717) is 12.8 Å². The molecule has 2 rings (SSSR count). The van der Waals surface area contributed by atoms with E-state index < -0.39 is 5.60 Å². The molecule has 0 radical (unpaired) electrons. The van der Waals surface area contributed by atoms with Crippen LogP contribution in [0.25, 0.3) is 5.57 Å². The highest BCUT2D eigenvalue weighted by atomic mass is 16.3. The Labute approximate surface area is 181 Å². The topological polar surface area (TPSA) is 60.7 Å². The highest BCUT2D eigenvalue weighted by Crippen LogP contribution is 2.22. The molecule has 0 atom stereocenters. The van der Waals surface area contributed by atoms with Crippen LogP contribution in [-0.2, 0) is 26.1 Å². The highest BCUT2D eigenvalue weighted by molar-refractivity contribution is 5.67. The molecule has 0 unspecified atom stereocenters. The fourth-order valence-corrected chi connectivity index (χ4v) is 3.60. The van der Waals surface area contributed by atoms with Gasteiger partial charge in [-0.15, -0.1) is 0 Å². The van der Waals surface area contributed by atoms with Crippen LogP contribution in [0, 0.1) is 0 Å². The van der Waals surface area contributed by atoms with Crippen molar-refractivity contribution in [1.82, 2.24) is 0 Å².